The standard InChI is InChI=1S/C22H31N5O.HI/c1-3-23-22(27-16-19-6-4-5-12-24-19)26-15-18-11-13-25-21(14-18)28-20-9-7-17(2)8-10-20;/h4-6,11-14,17,20H,3,7-10,15-16H2,1-2H3,(H2,23,26,27);1H. The van der Waals surface area contributed by atoms with E-state index < -0.39 is 0 Å². The van der Waals surface area contributed by atoms with Crippen molar-refractivity contribution in [1.82, 2.24) is 20.6 Å². The van der Waals surface area contributed by atoms with Gasteiger partial charge >= 0.3 is 0 Å². The molecule has 2 heterocycles. The fourth-order valence-corrected chi connectivity index (χ4v) is 3.32. The Morgan fingerprint density at radius 2 is 1.93 bits per heavy atom. The molecule has 29 heavy (non-hydrogen) atoms. The minimum atomic E-state index is 0. The third-order valence-electron chi connectivity index (χ3n) is 4.98. The van der Waals surface area contributed by atoms with Crippen LogP contribution < -0.4 is 15.4 Å². The predicted molar refractivity (Wildman–Crippen MR) is 128 cm³/mol. The van der Waals surface area contributed by atoms with Crippen LogP contribution in [0.4, 0.5) is 0 Å². The van der Waals surface area contributed by atoms with Crippen LogP contribution in [0.25, 0.3) is 0 Å². The quantitative estimate of drug-likeness (QED) is 0.331. The van der Waals surface area contributed by atoms with E-state index in [1.807, 2.05) is 30.3 Å². The first-order chi connectivity index (χ1) is 13.7. The Hall–Kier alpha value is -1.90. The first kappa shape index (κ1) is 23.4. The number of pyridine rings is 2. The smallest absolute Gasteiger partial charge is 0.213 e. The van der Waals surface area contributed by atoms with Crippen molar-refractivity contribution in [3.63, 3.8) is 0 Å². The van der Waals surface area contributed by atoms with Crippen molar-refractivity contribution in [2.24, 2.45) is 10.9 Å². The third kappa shape index (κ3) is 8.16. The number of halogens is 1. The summed E-state index contributed by atoms with van der Waals surface area (Å²) in [6.45, 7) is 6.38. The fourth-order valence-electron chi connectivity index (χ4n) is 3.32. The largest absolute Gasteiger partial charge is 0.474 e. The summed E-state index contributed by atoms with van der Waals surface area (Å²) in [6.07, 6.45) is 8.61. The van der Waals surface area contributed by atoms with Crippen LogP contribution in [0.5, 0.6) is 5.88 Å². The van der Waals surface area contributed by atoms with E-state index >= 15 is 0 Å². The molecule has 1 aliphatic rings. The lowest BCUT2D eigenvalue weighted by atomic mass is 9.89. The van der Waals surface area contributed by atoms with Crippen LogP contribution in [0, 0.1) is 5.92 Å². The van der Waals surface area contributed by atoms with E-state index in [4.69, 9.17) is 4.74 Å². The van der Waals surface area contributed by atoms with Gasteiger partial charge in [0.15, 0.2) is 5.96 Å². The van der Waals surface area contributed by atoms with Crippen LogP contribution >= 0.6 is 24.0 Å². The van der Waals surface area contributed by atoms with Gasteiger partial charge in [-0.1, -0.05) is 13.0 Å². The molecule has 0 atom stereocenters. The van der Waals surface area contributed by atoms with Gasteiger partial charge in [0.2, 0.25) is 5.88 Å². The van der Waals surface area contributed by atoms with Crippen LogP contribution in [0.1, 0.15) is 50.8 Å². The molecule has 2 N–H and O–H groups in total. The Balaban J connectivity index is 0.00000300. The predicted octanol–water partition coefficient (Wildman–Crippen LogP) is 4.31. The van der Waals surface area contributed by atoms with Gasteiger partial charge in [0.05, 0.1) is 18.8 Å². The zero-order chi connectivity index (χ0) is 19.6. The molecule has 0 amide bonds. The summed E-state index contributed by atoms with van der Waals surface area (Å²) < 4.78 is 6.10. The molecule has 1 saturated carbocycles. The fraction of sp³-hybridized carbons (Fsp3) is 0.500. The van der Waals surface area contributed by atoms with E-state index in [9.17, 15) is 0 Å². The number of ether oxygens (including phenoxy) is 1. The lowest BCUT2D eigenvalue weighted by molar-refractivity contribution is 0.130. The van der Waals surface area contributed by atoms with Crippen molar-refractivity contribution in [3.05, 3.63) is 54.0 Å². The Morgan fingerprint density at radius 1 is 1.10 bits per heavy atom. The normalized spacial score (nSPS) is 19.2. The highest BCUT2D eigenvalue weighted by molar-refractivity contribution is 14.0. The minimum Gasteiger partial charge on any atom is -0.474 e. The molecule has 3 rings (SSSR count). The van der Waals surface area contributed by atoms with Gasteiger partial charge in [0.25, 0.3) is 0 Å². The second-order valence-corrected chi connectivity index (χ2v) is 7.37. The molecule has 0 radical (unpaired) electrons. The van der Waals surface area contributed by atoms with Gasteiger partial charge in [-0.25, -0.2) is 9.98 Å². The van der Waals surface area contributed by atoms with E-state index in [0.717, 1.165) is 42.5 Å². The van der Waals surface area contributed by atoms with Crippen LogP contribution in [-0.2, 0) is 13.1 Å². The summed E-state index contributed by atoms with van der Waals surface area (Å²) in [4.78, 5) is 13.4. The molecule has 158 valence electrons. The molecule has 1 fully saturated rings. The summed E-state index contributed by atoms with van der Waals surface area (Å²) in [5.41, 5.74) is 2.07. The summed E-state index contributed by atoms with van der Waals surface area (Å²) in [5.74, 6) is 2.30. The van der Waals surface area contributed by atoms with Crippen LogP contribution in [0.3, 0.4) is 0 Å². The summed E-state index contributed by atoms with van der Waals surface area (Å²) in [7, 11) is 0. The second kappa shape index (κ2) is 12.6. The number of rotatable bonds is 7. The lowest BCUT2D eigenvalue weighted by Gasteiger charge is -2.26. The number of nitrogens with one attached hydrogen (secondary N) is 2. The van der Waals surface area contributed by atoms with Crippen molar-refractivity contribution in [1.29, 1.82) is 0 Å². The molecule has 0 saturated heterocycles. The highest BCUT2D eigenvalue weighted by Crippen LogP contribution is 2.26. The molecule has 2 aromatic rings. The Labute approximate surface area is 191 Å². The van der Waals surface area contributed by atoms with Crippen LogP contribution in [0.15, 0.2) is 47.7 Å². The maximum absolute atomic E-state index is 6.10. The zero-order valence-electron chi connectivity index (χ0n) is 17.3. The van der Waals surface area contributed by atoms with Gasteiger partial charge in [0.1, 0.15) is 6.10 Å². The van der Waals surface area contributed by atoms with Gasteiger partial charge in [0, 0.05) is 25.0 Å². The number of aliphatic imine (C=N–C) groups is 1. The van der Waals surface area contributed by atoms with Crippen LogP contribution in [0.2, 0.25) is 0 Å². The molecular formula is C22H32IN5O. The van der Waals surface area contributed by atoms with Gasteiger partial charge in [-0.3, -0.25) is 4.98 Å². The number of hydrogen-bond donors (Lipinski definition) is 2. The molecule has 7 heteroatoms. The lowest BCUT2D eigenvalue weighted by Crippen LogP contribution is -2.37. The second-order valence-electron chi connectivity index (χ2n) is 7.37. The van der Waals surface area contributed by atoms with Crippen molar-refractivity contribution >= 4 is 29.9 Å². The first-order valence-corrected chi connectivity index (χ1v) is 10.3. The maximum atomic E-state index is 6.10. The third-order valence-corrected chi connectivity index (χ3v) is 4.98. The summed E-state index contributed by atoms with van der Waals surface area (Å²) >= 11 is 0. The monoisotopic (exact) mass is 509 g/mol. The van der Waals surface area contributed by atoms with Gasteiger partial charge in [-0.15, -0.1) is 24.0 Å². The molecule has 0 aliphatic heterocycles. The molecule has 0 spiro atoms. The topological polar surface area (TPSA) is 71.4 Å². The molecule has 1 aliphatic carbocycles. The van der Waals surface area contributed by atoms with Gasteiger partial charge in [-0.05, 0) is 62.3 Å². The molecule has 0 unspecified atom stereocenters. The number of guanidine groups is 1. The Kier molecular flexibility index (Phi) is 10.2. The van der Waals surface area contributed by atoms with E-state index in [1.54, 1.807) is 12.4 Å². The molecule has 2 aromatic heterocycles. The zero-order valence-corrected chi connectivity index (χ0v) is 19.6. The van der Waals surface area contributed by atoms with Crippen molar-refractivity contribution < 1.29 is 4.74 Å². The van der Waals surface area contributed by atoms with Gasteiger partial charge in [-0.2, -0.15) is 0 Å². The molecule has 0 aromatic carbocycles. The van der Waals surface area contributed by atoms with Crippen LogP contribution in [-0.4, -0.2) is 28.6 Å². The van der Waals surface area contributed by atoms with E-state index in [-0.39, 0.29) is 24.0 Å². The van der Waals surface area contributed by atoms with Crippen molar-refractivity contribution in [2.75, 3.05) is 6.54 Å². The number of nitrogens with zero attached hydrogens (tertiary/aromatic N) is 3. The van der Waals surface area contributed by atoms with Crippen molar-refractivity contribution in [3.8, 4) is 5.88 Å². The molecule has 6 nitrogen and oxygen atoms in total. The van der Waals surface area contributed by atoms with E-state index in [1.165, 1.54) is 12.8 Å². The number of aromatic nitrogens is 2. The molecule has 0 bridgehead atoms. The first-order valence-electron chi connectivity index (χ1n) is 10.3. The Bertz CT molecular complexity index is 748. The van der Waals surface area contributed by atoms with E-state index in [0.29, 0.717) is 25.1 Å². The van der Waals surface area contributed by atoms with Crippen molar-refractivity contribution in [2.45, 2.75) is 58.7 Å². The minimum absolute atomic E-state index is 0. The van der Waals surface area contributed by atoms with E-state index in [2.05, 4.69) is 39.4 Å². The highest BCUT2D eigenvalue weighted by atomic mass is 127. The maximum Gasteiger partial charge on any atom is 0.213 e. The summed E-state index contributed by atoms with van der Waals surface area (Å²) in [5, 5.41) is 6.59. The van der Waals surface area contributed by atoms with Gasteiger partial charge < -0.3 is 15.4 Å². The SMILES string of the molecule is CCNC(=NCc1ccnc(OC2CCC(C)CC2)c1)NCc1ccccn1.I. The molecular weight excluding hydrogens is 477 g/mol. The number of hydrogen-bond acceptors (Lipinski definition) is 4. The Morgan fingerprint density at radius 3 is 2.66 bits per heavy atom. The highest BCUT2D eigenvalue weighted by Gasteiger charge is 2.19. The summed E-state index contributed by atoms with van der Waals surface area (Å²) in [6, 6.07) is 9.89. The average molecular weight is 509 g/mol. The average Bonchev–Trinajstić information content (AvgIpc) is 2.73.